The van der Waals surface area contributed by atoms with Crippen LogP contribution in [-0.2, 0) is 6.42 Å². The minimum absolute atomic E-state index is 0.105. The molecule has 1 fully saturated rings. The Bertz CT molecular complexity index is 495. The highest BCUT2D eigenvalue weighted by Gasteiger charge is 2.37. The van der Waals surface area contributed by atoms with Crippen LogP contribution in [0.15, 0.2) is 54.6 Å². The van der Waals surface area contributed by atoms with E-state index in [1.165, 1.54) is 29.5 Å². The first-order valence-corrected chi connectivity index (χ1v) is 6.18. The summed E-state index contributed by atoms with van der Waals surface area (Å²) in [7, 11) is 0. The van der Waals surface area contributed by atoms with Gasteiger partial charge in [0.25, 0.3) is 0 Å². The maximum absolute atomic E-state index is 6.13. The second kappa shape index (κ2) is 4.01. The smallest absolute Gasteiger partial charge is 0.0196 e. The lowest BCUT2D eigenvalue weighted by Crippen LogP contribution is -2.24. The third-order valence-electron chi connectivity index (χ3n) is 3.51. The lowest BCUT2D eigenvalue weighted by molar-refractivity contribution is 0.672. The number of rotatable bonds is 3. The van der Waals surface area contributed by atoms with Crippen LogP contribution in [0.2, 0.25) is 0 Å². The summed E-state index contributed by atoms with van der Waals surface area (Å²) in [5.41, 5.74) is 10.1. The standard InChI is InChI=1S/C16H17N/c17-16(10-11-16)12-13-6-8-15(9-7-13)14-4-2-1-3-5-14/h1-9H,10-12,17H2. The van der Waals surface area contributed by atoms with E-state index in [1.54, 1.807) is 0 Å². The summed E-state index contributed by atoms with van der Waals surface area (Å²) in [5.74, 6) is 0. The summed E-state index contributed by atoms with van der Waals surface area (Å²) in [4.78, 5) is 0. The van der Waals surface area contributed by atoms with E-state index < -0.39 is 0 Å². The van der Waals surface area contributed by atoms with Crippen molar-refractivity contribution in [2.45, 2.75) is 24.8 Å². The van der Waals surface area contributed by atoms with Crippen molar-refractivity contribution < 1.29 is 0 Å². The summed E-state index contributed by atoms with van der Waals surface area (Å²) in [6.07, 6.45) is 3.36. The Labute approximate surface area is 102 Å². The van der Waals surface area contributed by atoms with Gasteiger partial charge in [-0.15, -0.1) is 0 Å². The monoisotopic (exact) mass is 223 g/mol. The zero-order valence-electron chi connectivity index (χ0n) is 9.89. The summed E-state index contributed by atoms with van der Waals surface area (Å²) in [6, 6.07) is 19.3. The van der Waals surface area contributed by atoms with Gasteiger partial charge in [-0.2, -0.15) is 0 Å². The Morgan fingerprint density at radius 3 is 2.00 bits per heavy atom. The molecule has 1 saturated carbocycles. The fourth-order valence-electron chi connectivity index (χ4n) is 2.19. The quantitative estimate of drug-likeness (QED) is 0.848. The van der Waals surface area contributed by atoms with Crippen molar-refractivity contribution in [3.8, 4) is 11.1 Å². The molecule has 1 nitrogen and oxygen atoms in total. The summed E-state index contributed by atoms with van der Waals surface area (Å²) >= 11 is 0. The molecule has 2 aromatic rings. The normalized spacial score (nSPS) is 16.8. The van der Waals surface area contributed by atoms with Gasteiger partial charge in [-0.1, -0.05) is 54.6 Å². The molecule has 0 heterocycles. The highest BCUT2D eigenvalue weighted by atomic mass is 14.8. The molecule has 0 radical (unpaired) electrons. The molecule has 0 amide bonds. The highest BCUT2D eigenvalue weighted by molar-refractivity contribution is 5.63. The predicted octanol–water partition coefficient (Wildman–Crippen LogP) is 3.39. The van der Waals surface area contributed by atoms with Crippen LogP contribution in [0.3, 0.4) is 0 Å². The molecule has 0 aromatic heterocycles. The second-order valence-corrected chi connectivity index (χ2v) is 5.10. The average molecular weight is 223 g/mol. The van der Waals surface area contributed by atoms with Crippen LogP contribution in [0.1, 0.15) is 18.4 Å². The summed E-state index contributed by atoms with van der Waals surface area (Å²) in [5, 5.41) is 0. The van der Waals surface area contributed by atoms with Gasteiger partial charge in [-0.3, -0.25) is 0 Å². The molecule has 0 spiro atoms. The predicted molar refractivity (Wildman–Crippen MR) is 71.7 cm³/mol. The topological polar surface area (TPSA) is 26.0 Å². The van der Waals surface area contributed by atoms with Crippen molar-refractivity contribution in [3.05, 3.63) is 60.2 Å². The van der Waals surface area contributed by atoms with Gasteiger partial charge in [0.05, 0.1) is 0 Å². The molecule has 0 atom stereocenters. The van der Waals surface area contributed by atoms with Crippen LogP contribution in [0.4, 0.5) is 0 Å². The van der Waals surface area contributed by atoms with E-state index in [4.69, 9.17) is 5.73 Å². The third kappa shape index (κ3) is 2.40. The molecular weight excluding hydrogens is 206 g/mol. The molecule has 17 heavy (non-hydrogen) atoms. The van der Waals surface area contributed by atoms with Crippen LogP contribution in [-0.4, -0.2) is 5.54 Å². The van der Waals surface area contributed by atoms with E-state index in [2.05, 4.69) is 48.5 Å². The van der Waals surface area contributed by atoms with Crippen LogP contribution in [0.5, 0.6) is 0 Å². The van der Waals surface area contributed by atoms with Gasteiger partial charge in [0.1, 0.15) is 0 Å². The first kappa shape index (κ1) is 10.5. The number of hydrogen-bond donors (Lipinski definition) is 1. The first-order chi connectivity index (χ1) is 8.25. The minimum atomic E-state index is 0.105. The largest absolute Gasteiger partial charge is 0.325 e. The van der Waals surface area contributed by atoms with Gasteiger partial charge in [0.2, 0.25) is 0 Å². The number of nitrogens with two attached hydrogens (primary N) is 1. The van der Waals surface area contributed by atoms with Crippen molar-refractivity contribution in [1.29, 1.82) is 0 Å². The van der Waals surface area contributed by atoms with Gasteiger partial charge >= 0.3 is 0 Å². The maximum atomic E-state index is 6.13. The molecule has 2 aromatic carbocycles. The summed E-state index contributed by atoms with van der Waals surface area (Å²) < 4.78 is 0. The Balaban J connectivity index is 1.80. The maximum Gasteiger partial charge on any atom is 0.0196 e. The van der Waals surface area contributed by atoms with Gasteiger partial charge < -0.3 is 5.73 Å². The zero-order valence-corrected chi connectivity index (χ0v) is 9.89. The zero-order chi connectivity index (χ0) is 11.7. The first-order valence-electron chi connectivity index (χ1n) is 6.18. The lowest BCUT2D eigenvalue weighted by Gasteiger charge is -2.09. The lowest BCUT2D eigenvalue weighted by atomic mass is 10.0. The van der Waals surface area contributed by atoms with Gasteiger partial charge in [0, 0.05) is 5.54 Å². The van der Waals surface area contributed by atoms with Crippen molar-refractivity contribution in [2.24, 2.45) is 5.73 Å². The SMILES string of the molecule is NC1(Cc2ccc(-c3ccccc3)cc2)CC1. The van der Waals surface area contributed by atoms with Crippen LogP contribution in [0, 0.1) is 0 Å². The molecule has 0 saturated heterocycles. The molecule has 1 aliphatic carbocycles. The fraction of sp³-hybridized carbons (Fsp3) is 0.250. The molecular formula is C16H17N. The van der Waals surface area contributed by atoms with E-state index in [1.807, 2.05) is 6.07 Å². The molecule has 0 bridgehead atoms. The molecule has 0 aliphatic heterocycles. The number of benzene rings is 2. The van der Waals surface area contributed by atoms with Gasteiger partial charge in [-0.25, -0.2) is 0 Å². The van der Waals surface area contributed by atoms with E-state index in [0.29, 0.717) is 0 Å². The van der Waals surface area contributed by atoms with Crippen molar-refractivity contribution in [3.63, 3.8) is 0 Å². The molecule has 86 valence electrons. The minimum Gasteiger partial charge on any atom is -0.325 e. The van der Waals surface area contributed by atoms with E-state index in [9.17, 15) is 0 Å². The molecule has 2 N–H and O–H groups in total. The summed E-state index contributed by atoms with van der Waals surface area (Å²) in [6.45, 7) is 0. The van der Waals surface area contributed by atoms with Crippen LogP contribution in [0.25, 0.3) is 11.1 Å². The second-order valence-electron chi connectivity index (χ2n) is 5.10. The Hall–Kier alpha value is -1.60. The fourth-order valence-corrected chi connectivity index (χ4v) is 2.19. The Morgan fingerprint density at radius 1 is 0.824 bits per heavy atom. The van der Waals surface area contributed by atoms with Crippen molar-refractivity contribution in [1.82, 2.24) is 0 Å². The third-order valence-corrected chi connectivity index (χ3v) is 3.51. The molecule has 1 aliphatic rings. The highest BCUT2D eigenvalue weighted by Crippen LogP contribution is 2.35. The molecule has 3 rings (SSSR count). The van der Waals surface area contributed by atoms with Crippen molar-refractivity contribution in [2.75, 3.05) is 0 Å². The molecule has 1 heteroatoms. The molecule has 0 unspecified atom stereocenters. The van der Waals surface area contributed by atoms with Crippen LogP contribution < -0.4 is 5.73 Å². The van der Waals surface area contributed by atoms with Crippen molar-refractivity contribution >= 4 is 0 Å². The van der Waals surface area contributed by atoms with Crippen LogP contribution >= 0.6 is 0 Å². The number of hydrogen-bond acceptors (Lipinski definition) is 1. The van der Waals surface area contributed by atoms with Gasteiger partial charge in [-0.05, 0) is 36.0 Å². The van der Waals surface area contributed by atoms with Gasteiger partial charge in [0.15, 0.2) is 0 Å². The Morgan fingerprint density at radius 2 is 1.41 bits per heavy atom. The average Bonchev–Trinajstić information content (AvgIpc) is 3.09. The van der Waals surface area contributed by atoms with E-state index >= 15 is 0 Å². The van der Waals surface area contributed by atoms with E-state index in [0.717, 1.165) is 6.42 Å². The Kier molecular flexibility index (Phi) is 2.49. The van der Waals surface area contributed by atoms with E-state index in [-0.39, 0.29) is 5.54 Å².